The summed E-state index contributed by atoms with van der Waals surface area (Å²) in [5, 5.41) is 0. The third-order valence-corrected chi connectivity index (χ3v) is 5.53. The van der Waals surface area contributed by atoms with Crippen molar-refractivity contribution in [3.8, 4) is 0 Å². The summed E-state index contributed by atoms with van der Waals surface area (Å²) in [4.78, 5) is 28.7. The van der Waals surface area contributed by atoms with Gasteiger partial charge in [-0.2, -0.15) is 0 Å². The van der Waals surface area contributed by atoms with Crippen LogP contribution in [0, 0.1) is 5.92 Å². The van der Waals surface area contributed by atoms with Crippen molar-refractivity contribution in [2.45, 2.75) is 44.6 Å². The summed E-state index contributed by atoms with van der Waals surface area (Å²) in [6.45, 7) is 2.59. The number of amides is 2. The summed E-state index contributed by atoms with van der Waals surface area (Å²) in [7, 11) is 0. The Morgan fingerprint density at radius 2 is 1.68 bits per heavy atom. The van der Waals surface area contributed by atoms with Crippen LogP contribution in [-0.4, -0.2) is 53.8 Å². The SMILES string of the molecule is NC1CCCC1C(=O)N1CCN(C(=O)CCCc2ccccc2)CC1. The molecule has 2 fully saturated rings. The van der Waals surface area contributed by atoms with Gasteiger partial charge in [-0.3, -0.25) is 9.59 Å². The van der Waals surface area contributed by atoms with E-state index in [0.29, 0.717) is 32.6 Å². The summed E-state index contributed by atoms with van der Waals surface area (Å²) >= 11 is 0. The molecule has 1 heterocycles. The van der Waals surface area contributed by atoms with E-state index < -0.39 is 0 Å². The van der Waals surface area contributed by atoms with E-state index in [9.17, 15) is 9.59 Å². The molecule has 2 atom stereocenters. The van der Waals surface area contributed by atoms with Gasteiger partial charge >= 0.3 is 0 Å². The van der Waals surface area contributed by atoms with Gasteiger partial charge in [0.15, 0.2) is 0 Å². The molecule has 0 radical (unpaired) electrons. The first kappa shape index (κ1) is 17.9. The lowest BCUT2D eigenvalue weighted by molar-refractivity contribution is -0.142. The van der Waals surface area contributed by atoms with Gasteiger partial charge in [-0.25, -0.2) is 0 Å². The van der Waals surface area contributed by atoms with E-state index in [2.05, 4.69) is 12.1 Å². The number of hydrogen-bond acceptors (Lipinski definition) is 3. The minimum absolute atomic E-state index is 0.00637. The van der Waals surface area contributed by atoms with E-state index >= 15 is 0 Å². The van der Waals surface area contributed by atoms with E-state index in [1.54, 1.807) is 0 Å². The summed E-state index contributed by atoms with van der Waals surface area (Å²) < 4.78 is 0. The third-order valence-electron chi connectivity index (χ3n) is 5.53. The summed E-state index contributed by atoms with van der Waals surface area (Å²) in [6.07, 6.45) is 5.31. The Labute approximate surface area is 150 Å². The number of aryl methyl sites for hydroxylation is 1. The largest absolute Gasteiger partial charge is 0.339 e. The van der Waals surface area contributed by atoms with Gasteiger partial charge in [0.1, 0.15) is 0 Å². The number of carbonyl (C=O) groups excluding carboxylic acids is 2. The highest BCUT2D eigenvalue weighted by Gasteiger charge is 2.34. The molecule has 1 aromatic carbocycles. The fourth-order valence-electron chi connectivity index (χ4n) is 3.95. The number of nitrogens with two attached hydrogens (primary N) is 1. The first-order valence-electron chi connectivity index (χ1n) is 9.51. The smallest absolute Gasteiger partial charge is 0.227 e. The lowest BCUT2D eigenvalue weighted by Crippen LogP contribution is -2.53. The number of carbonyl (C=O) groups is 2. The topological polar surface area (TPSA) is 66.6 Å². The van der Waals surface area contributed by atoms with Crippen LogP contribution in [0.4, 0.5) is 0 Å². The second-order valence-corrected chi connectivity index (χ2v) is 7.25. The maximum absolute atomic E-state index is 12.6. The highest BCUT2D eigenvalue weighted by atomic mass is 16.2. The van der Waals surface area contributed by atoms with Gasteiger partial charge in [0, 0.05) is 38.6 Å². The molecular weight excluding hydrogens is 314 g/mol. The average Bonchev–Trinajstić information content (AvgIpc) is 3.08. The quantitative estimate of drug-likeness (QED) is 0.887. The van der Waals surface area contributed by atoms with Crippen molar-refractivity contribution in [1.82, 2.24) is 9.80 Å². The van der Waals surface area contributed by atoms with Crippen LogP contribution in [0.3, 0.4) is 0 Å². The molecule has 0 spiro atoms. The molecule has 3 rings (SSSR count). The third kappa shape index (κ3) is 4.60. The van der Waals surface area contributed by atoms with Crippen LogP contribution in [0.15, 0.2) is 30.3 Å². The zero-order valence-corrected chi connectivity index (χ0v) is 14.9. The van der Waals surface area contributed by atoms with Crippen molar-refractivity contribution in [1.29, 1.82) is 0 Å². The standard InChI is InChI=1S/C20H29N3O2/c21-18-10-5-9-17(18)20(25)23-14-12-22(13-15-23)19(24)11-4-8-16-6-2-1-3-7-16/h1-3,6-7,17-18H,4-5,8-15,21H2. The molecule has 136 valence electrons. The van der Waals surface area contributed by atoms with Crippen LogP contribution in [0.2, 0.25) is 0 Å². The summed E-state index contributed by atoms with van der Waals surface area (Å²) in [5.41, 5.74) is 7.33. The van der Waals surface area contributed by atoms with Crippen LogP contribution in [0.1, 0.15) is 37.7 Å². The van der Waals surface area contributed by atoms with Crippen molar-refractivity contribution >= 4 is 11.8 Å². The Kier molecular flexibility index (Phi) is 6.08. The van der Waals surface area contributed by atoms with Gasteiger partial charge in [-0.05, 0) is 31.2 Å². The van der Waals surface area contributed by atoms with E-state index in [1.807, 2.05) is 28.0 Å². The van der Waals surface area contributed by atoms with Gasteiger partial charge in [0.25, 0.3) is 0 Å². The molecule has 5 nitrogen and oxygen atoms in total. The number of piperazine rings is 1. The van der Waals surface area contributed by atoms with Crippen LogP contribution < -0.4 is 5.73 Å². The average molecular weight is 343 g/mol. The molecule has 1 saturated carbocycles. The Morgan fingerprint density at radius 3 is 2.32 bits per heavy atom. The second kappa shape index (κ2) is 8.48. The molecule has 1 saturated heterocycles. The molecule has 1 aliphatic heterocycles. The molecule has 2 N–H and O–H groups in total. The Morgan fingerprint density at radius 1 is 1.00 bits per heavy atom. The van der Waals surface area contributed by atoms with Gasteiger partial charge in [-0.1, -0.05) is 36.8 Å². The molecule has 2 unspecified atom stereocenters. The number of benzene rings is 1. The molecule has 1 aromatic rings. The molecule has 5 heteroatoms. The lowest BCUT2D eigenvalue weighted by Gasteiger charge is -2.36. The zero-order valence-electron chi connectivity index (χ0n) is 14.9. The van der Waals surface area contributed by atoms with E-state index in [0.717, 1.165) is 32.1 Å². The highest BCUT2D eigenvalue weighted by Crippen LogP contribution is 2.26. The first-order chi connectivity index (χ1) is 12.1. The summed E-state index contributed by atoms with van der Waals surface area (Å²) in [6, 6.07) is 10.3. The fourth-order valence-corrected chi connectivity index (χ4v) is 3.95. The van der Waals surface area contributed by atoms with E-state index in [-0.39, 0.29) is 23.8 Å². The van der Waals surface area contributed by atoms with Crippen molar-refractivity contribution < 1.29 is 9.59 Å². The Bertz CT molecular complexity index is 582. The van der Waals surface area contributed by atoms with Crippen molar-refractivity contribution in [2.75, 3.05) is 26.2 Å². The molecule has 25 heavy (non-hydrogen) atoms. The van der Waals surface area contributed by atoms with Gasteiger partial charge in [-0.15, -0.1) is 0 Å². The minimum Gasteiger partial charge on any atom is -0.339 e. The van der Waals surface area contributed by atoms with Gasteiger partial charge < -0.3 is 15.5 Å². The maximum atomic E-state index is 12.6. The first-order valence-corrected chi connectivity index (χ1v) is 9.51. The van der Waals surface area contributed by atoms with Crippen LogP contribution in [-0.2, 0) is 16.0 Å². The van der Waals surface area contributed by atoms with Crippen LogP contribution >= 0.6 is 0 Å². The van der Waals surface area contributed by atoms with E-state index in [1.165, 1.54) is 5.56 Å². The Hall–Kier alpha value is -1.88. The molecule has 0 bridgehead atoms. The molecule has 2 amide bonds. The van der Waals surface area contributed by atoms with Crippen LogP contribution in [0.5, 0.6) is 0 Å². The normalized spacial score (nSPS) is 23.7. The number of rotatable bonds is 5. The van der Waals surface area contributed by atoms with Gasteiger partial charge in [0.2, 0.25) is 11.8 Å². The maximum Gasteiger partial charge on any atom is 0.227 e. The highest BCUT2D eigenvalue weighted by molar-refractivity contribution is 5.81. The summed E-state index contributed by atoms with van der Waals surface area (Å²) in [5.74, 6) is 0.398. The minimum atomic E-state index is -0.00637. The van der Waals surface area contributed by atoms with Crippen molar-refractivity contribution in [3.05, 3.63) is 35.9 Å². The molecular formula is C20H29N3O2. The van der Waals surface area contributed by atoms with Crippen molar-refractivity contribution in [2.24, 2.45) is 11.7 Å². The fraction of sp³-hybridized carbons (Fsp3) is 0.600. The monoisotopic (exact) mass is 343 g/mol. The number of hydrogen-bond donors (Lipinski definition) is 1. The number of nitrogens with zero attached hydrogens (tertiary/aromatic N) is 2. The predicted octanol–water partition coefficient (Wildman–Crippen LogP) is 1.81. The Balaban J connectivity index is 1.39. The molecule has 1 aliphatic carbocycles. The van der Waals surface area contributed by atoms with Gasteiger partial charge in [0.05, 0.1) is 5.92 Å². The van der Waals surface area contributed by atoms with Crippen molar-refractivity contribution in [3.63, 3.8) is 0 Å². The lowest BCUT2D eigenvalue weighted by atomic mass is 10.0. The zero-order chi connectivity index (χ0) is 17.6. The molecule has 0 aromatic heterocycles. The molecule has 2 aliphatic rings. The predicted molar refractivity (Wildman–Crippen MR) is 97.9 cm³/mol. The van der Waals surface area contributed by atoms with E-state index in [4.69, 9.17) is 5.73 Å². The second-order valence-electron chi connectivity index (χ2n) is 7.25. The van der Waals surface area contributed by atoms with Crippen LogP contribution in [0.25, 0.3) is 0 Å².